The fourth-order valence-corrected chi connectivity index (χ4v) is 4.02. The van der Waals surface area contributed by atoms with Gasteiger partial charge in [-0.1, -0.05) is 26.8 Å². The van der Waals surface area contributed by atoms with Gasteiger partial charge in [-0.3, -0.25) is 9.59 Å². The minimum atomic E-state index is -0.556. The number of rotatable bonds is 5. The van der Waals surface area contributed by atoms with Crippen LogP contribution in [0.5, 0.6) is 0 Å². The summed E-state index contributed by atoms with van der Waals surface area (Å²) in [6, 6.07) is 7.49. The number of thiophene rings is 1. The van der Waals surface area contributed by atoms with Gasteiger partial charge in [-0.2, -0.15) is 0 Å². The van der Waals surface area contributed by atoms with E-state index < -0.39 is 11.4 Å². The molecule has 2 amide bonds. The van der Waals surface area contributed by atoms with Gasteiger partial charge in [0.25, 0.3) is 5.91 Å². The van der Waals surface area contributed by atoms with Gasteiger partial charge in [0.05, 0.1) is 5.00 Å². The maximum absolute atomic E-state index is 12.5. The molecule has 2 aromatic rings. The zero-order valence-electron chi connectivity index (χ0n) is 18.3. The van der Waals surface area contributed by atoms with Gasteiger partial charge in [-0.25, -0.2) is 9.78 Å². The molecule has 8 nitrogen and oxygen atoms in total. The van der Waals surface area contributed by atoms with Gasteiger partial charge >= 0.3 is 5.97 Å². The summed E-state index contributed by atoms with van der Waals surface area (Å²) in [4.78, 5) is 45.6. The van der Waals surface area contributed by atoms with Crippen LogP contribution in [0.4, 0.5) is 10.8 Å². The second-order valence-corrected chi connectivity index (χ2v) is 9.51. The predicted octanol–water partition coefficient (Wildman–Crippen LogP) is 2.94. The van der Waals surface area contributed by atoms with Crippen LogP contribution in [0.25, 0.3) is 0 Å². The number of aromatic nitrogens is 1. The Morgan fingerprint density at radius 2 is 1.87 bits per heavy atom. The lowest BCUT2D eigenvalue weighted by Gasteiger charge is -2.35. The molecular formula is C22H28N4O4S. The summed E-state index contributed by atoms with van der Waals surface area (Å²) in [5, 5.41) is 3.40. The maximum Gasteiger partial charge on any atom is 0.349 e. The molecule has 31 heavy (non-hydrogen) atoms. The lowest BCUT2D eigenvalue weighted by atomic mass is 9.96. The highest BCUT2D eigenvalue weighted by Gasteiger charge is 2.25. The Hall–Kier alpha value is -2.94. The molecule has 1 aliphatic heterocycles. The molecule has 3 heterocycles. The second-order valence-electron chi connectivity index (χ2n) is 8.46. The van der Waals surface area contributed by atoms with Crippen molar-refractivity contribution in [2.75, 3.05) is 43.0 Å². The van der Waals surface area contributed by atoms with Crippen molar-refractivity contribution in [3.63, 3.8) is 0 Å². The molecule has 9 heteroatoms. The van der Waals surface area contributed by atoms with Gasteiger partial charge in [0.2, 0.25) is 5.91 Å². The molecule has 1 aliphatic rings. The molecule has 0 radical (unpaired) electrons. The normalized spacial score (nSPS) is 14.3. The highest BCUT2D eigenvalue weighted by atomic mass is 32.1. The van der Waals surface area contributed by atoms with Gasteiger partial charge in [0.1, 0.15) is 10.7 Å². The first-order chi connectivity index (χ1) is 14.6. The number of hydrogen-bond acceptors (Lipinski definition) is 7. The van der Waals surface area contributed by atoms with Crippen LogP contribution in [0.3, 0.4) is 0 Å². The van der Waals surface area contributed by atoms with E-state index in [-0.39, 0.29) is 18.4 Å². The summed E-state index contributed by atoms with van der Waals surface area (Å²) in [5.74, 6) is -0.0130. The molecule has 0 aromatic carbocycles. The first kappa shape index (κ1) is 22.7. The largest absolute Gasteiger partial charge is 0.451 e. The molecule has 0 spiro atoms. The highest BCUT2D eigenvalue weighted by molar-refractivity contribution is 7.18. The van der Waals surface area contributed by atoms with E-state index in [0.717, 1.165) is 17.2 Å². The monoisotopic (exact) mass is 444 g/mol. The summed E-state index contributed by atoms with van der Waals surface area (Å²) in [6.45, 7) is 9.39. The van der Waals surface area contributed by atoms with Crippen molar-refractivity contribution < 1.29 is 19.1 Å². The van der Waals surface area contributed by atoms with Gasteiger partial charge < -0.3 is 19.9 Å². The molecule has 0 atom stereocenters. The summed E-state index contributed by atoms with van der Waals surface area (Å²) < 4.78 is 5.26. The lowest BCUT2D eigenvalue weighted by Crippen LogP contribution is -2.50. The number of nitrogens with one attached hydrogen (secondary N) is 1. The van der Waals surface area contributed by atoms with Crippen LogP contribution in [0.2, 0.25) is 0 Å². The van der Waals surface area contributed by atoms with E-state index in [0.29, 0.717) is 41.6 Å². The van der Waals surface area contributed by atoms with Crippen LogP contribution in [0.1, 0.15) is 36.0 Å². The van der Waals surface area contributed by atoms with E-state index in [1.54, 1.807) is 24.1 Å². The average Bonchev–Trinajstić information content (AvgIpc) is 3.12. The third-order valence-electron chi connectivity index (χ3n) is 4.95. The van der Waals surface area contributed by atoms with E-state index in [4.69, 9.17) is 4.74 Å². The molecule has 1 saturated heterocycles. The Balaban J connectivity index is 1.50. The minimum Gasteiger partial charge on any atom is -0.451 e. The van der Waals surface area contributed by atoms with E-state index >= 15 is 0 Å². The number of pyridine rings is 1. The Morgan fingerprint density at radius 1 is 1.16 bits per heavy atom. The van der Waals surface area contributed by atoms with Crippen molar-refractivity contribution in [2.24, 2.45) is 5.41 Å². The number of esters is 1. The van der Waals surface area contributed by atoms with Crippen molar-refractivity contribution in [1.29, 1.82) is 0 Å². The number of anilines is 2. The minimum absolute atomic E-state index is 0.131. The van der Waals surface area contributed by atoms with Crippen molar-refractivity contribution in [1.82, 2.24) is 9.88 Å². The first-order valence-corrected chi connectivity index (χ1v) is 11.0. The van der Waals surface area contributed by atoms with Crippen LogP contribution in [0.15, 0.2) is 30.5 Å². The molecule has 3 rings (SSSR count). The number of amides is 2. The predicted molar refractivity (Wildman–Crippen MR) is 120 cm³/mol. The molecule has 2 aromatic heterocycles. The van der Waals surface area contributed by atoms with Gasteiger partial charge in [0, 0.05) is 37.8 Å². The lowest BCUT2D eigenvalue weighted by molar-refractivity contribution is -0.134. The van der Waals surface area contributed by atoms with Gasteiger partial charge in [-0.15, -0.1) is 11.3 Å². The first-order valence-electron chi connectivity index (χ1n) is 10.2. The Bertz CT molecular complexity index is 944. The van der Waals surface area contributed by atoms with Crippen molar-refractivity contribution in [2.45, 2.75) is 27.7 Å². The molecule has 0 bridgehead atoms. The van der Waals surface area contributed by atoms with Gasteiger partial charge in [-0.05, 0) is 30.7 Å². The fourth-order valence-electron chi connectivity index (χ4n) is 3.06. The number of aryl methyl sites for hydroxylation is 1. The van der Waals surface area contributed by atoms with Crippen LogP contribution < -0.4 is 10.2 Å². The third kappa shape index (κ3) is 5.81. The van der Waals surface area contributed by atoms with E-state index in [2.05, 4.69) is 15.2 Å². The maximum atomic E-state index is 12.5. The molecular weight excluding hydrogens is 416 g/mol. The molecule has 0 saturated carbocycles. The van der Waals surface area contributed by atoms with Crippen molar-refractivity contribution in [3.8, 4) is 0 Å². The highest BCUT2D eigenvalue weighted by Crippen LogP contribution is 2.29. The van der Waals surface area contributed by atoms with Gasteiger partial charge in [0.15, 0.2) is 6.61 Å². The standard InChI is InChI=1S/C22H28N4O4S/c1-15-13-17(24-21(29)22(2,3)4)31-19(15)20(28)30-14-18(27)26-11-9-25(10-12-26)16-7-5-6-8-23-16/h5-8,13H,9-12,14H2,1-4H3,(H,24,29). The van der Waals surface area contributed by atoms with E-state index in [1.807, 2.05) is 39.0 Å². The molecule has 1 N–H and O–H groups in total. The summed E-state index contributed by atoms with van der Waals surface area (Å²) in [5.41, 5.74) is 0.168. The molecule has 166 valence electrons. The number of nitrogens with zero attached hydrogens (tertiary/aromatic N) is 3. The number of hydrogen-bond donors (Lipinski definition) is 1. The number of piperazine rings is 1. The third-order valence-corrected chi connectivity index (χ3v) is 6.09. The van der Waals surface area contributed by atoms with Crippen LogP contribution in [-0.4, -0.2) is 60.5 Å². The number of carbonyl (C=O) groups is 3. The second kappa shape index (κ2) is 9.47. The quantitative estimate of drug-likeness (QED) is 0.713. The van der Waals surface area contributed by atoms with Crippen molar-refractivity contribution in [3.05, 3.63) is 40.9 Å². The van der Waals surface area contributed by atoms with Crippen LogP contribution >= 0.6 is 11.3 Å². The molecule has 0 aliphatic carbocycles. The summed E-state index contributed by atoms with van der Waals surface area (Å²) in [7, 11) is 0. The summed E-state index contributed by atoms with van der Waals surface area (Å²) >= 11 is 1.15. The average molecular weight is 445 g/mol. The SMILES string of the molecule is Cc1cc(NC(=O)C(C)(C)C)sc1C(=O)OCC(=O)N1CCN(c2ccccn2)CC1. The van der Waals surface area contributed by atoms with Crippen molar-refractivity contribution >= 4 is 39.9 Å². The topological polar surface area (TPSA) is 91.8 Å². The van der Waals surface area contributed by atoms with Crippen LogP contribution in [-0.2, 0) is 14.3 Å². The zero-order chi connectivity index (χ0) is 22.6. The summed E-state index contributed by atoms with van der Waals surface area (Å²) in [6.07, 6.45) is 1.75. The van der Waals surface area contributed by atoms with E-state index in [1.165, 1.54) is 0 Å². The Labute approximate surface area is 186 Å². The molecule has 1 fully saturated rings. The Morgan fingerprint density at radius 3 is 2.48 bits per heavy atom. The van der Waals surface area contributed by atoms with Crippen LogP contribution in [0, 0.1) is 12.3 Å². The molecule has 0 unspecified atom stereocenters. The number of ether oxygens (including phenoxy) is 1. The van der Waals surface area contributed by atoms with E-state index in [9.17, 15) is 14.4 Å². The fraction of sp³-hybridized carbons (Fsp3) is 0.455. The zero-order valence-corrected chi connectivity index (χ0v) is 19.1. The Kier molecular flexibility index (Phi) is 6.94. The smallest absolute Gasteiger partial charge is 0.349 e. The number of carbonyl (C=O) groups excluding carboxylic acids is 3.